The Bertz CT molecular complexity index is 394. The minimum atomic E-state index is 0.143. The minimum absolute atomic E-state index is 0.143. The molecule has 15 heavy (non-hydrogen) atoms. The van der Waals surface area contributed by atoms with Crippen LogP contribution >= 0.6 is 11.6 Å². The number of morpholine rings is 1. The van der Waals surface area contributed by atoms with E-state index in [4.69, 9.17) is 21.6 Å². The van der Waals surface area contributed by atoms with Crippen molar-refractivity contribution in [1.82, 2.24) is 5.32 Å². The zero-order valence-corrected chi connectivity index (χ0v) is 8.92. The Labute approximate surface area is 93.6 Å². The largest absolute Gasteiger partial charge is 0.378 e. The first-order valence-corrected chi connectivity index (χ1v) is 5.19. The molecular formula is C11H11ClN2O. The fraction of sp³-hybridized carbons (Fsp3) is 0.364. The van der Waals surface area contributed by atoms with Gasteiger partial charge < -0.3 is 10.1 Å². The molecule has 2 rings (SSSR count). The summed E-state index contributed by atoms with van der Waals surface area (Å²) in [4.78, 5) is 0. The molecule has 78 valence electrons. The molecule has 1 aliphatic heterocycles. The van der Waals surface area contributed by atoms with Gasteiger partial charge in [-0.1, -0.05) is 11.6 Å². The molecule has 1 unspecified atom stereocenters. The summed E-state index contributed by atoms with van der Waals surface area (Å²) in [6.07, 6.45) is 0. The number of nitrogens with zero attached hydrogens (tertiary/aromatic N) is 1. The van der Waals surface area contributed by atoms with Crippen LogP contribution in [0.25, 0.3) is 0 Å². The molecule has 3 nitrogen and oxygen atoms in total. The first-order chi connectivity index (χ1) is 7.29. The van der Waals surface area contributed by atoms with Crippen LogP contribution in [0.15, 0.2) is 18.2 Å². The van der Waals surface area contributed by atoms with E-state index in [9.17, 15) is 0 Å². The van der Waals surface area contributed by atoms with E-state index in [1.807, 2.05) is 12.1 Å². The van der Waals surface area contributed by atoms with Crippen LogP contribution in [0, 0.1) is 11.3 Å². The Morgan fingerprint density at radius 2 is 2.33 bits per heavy atom. The Hall–Kier alpha value is -1.08. The van der Waals surface area contributed by atoms with Crippen molar-refractivity contribution in [2.45, 2.75) is 6.04 Å². The van der Waals surface area contributed by atoms with E-state index in [1.165, 1.54) is 0 Å². The van der Waals surface area contributed by atoms with Crippen molar-refractivity contribution in [2.75, 3.05) is 19.8 Å². The molecule has 4 heteroatoms. The van der Waals surface area contributed by atoms with Gasteiger partial charge in [-0.25, -0.2) is 0 Å². The van der Waals surface area contributed by atoms with Gasteiger partial charge in [-0.05, 0) is 23.8 Å². The predicted molar refractivity (Wildman–Crippen MR) is 57.7 cm³/mol. The van der Waals surface area contributed by atoms with Crippen molar-refractivity contribution < 1.29 is 4.74 Å². The van der Waals surface area contributed by atoms with Crippen LogP contribution in [-0.2, 0) is 4.74 Å². The Balaban J connectivity index is 2.27. The van der Waals surface area contributed by atoms with Crippen LogP contribution < -0.4 is 5.32 Å². The maximum atomic E-state index is 8.82. The molecule has 1 atom stereocenters. The quantitative estimate of drug-likeness (QED) is 0.789. The monoisotopic (exact) mass is 222 g/mol. The molecule has 1 fully saturated rings. The summed E-state index contributed by atoms with van der Waals surface area (Å²) in [5.41, 5.74) is 1.60. The van der Waals surface area contributed by atoms with Crippen LogP contribution in [0.5, 0.6) is 0 Å². The van der Waals surface area contributed by atoms with Gasteiger partial charge in [0.25, 0.3) is 0 Å². The molecule has 1 saturated heterocycles. The summed E-state index contributed by atoms with van der Waals surface area (Å²) < 4.78 is 5.36. The molecular weight excluding hydrogens is 212 g/mol. The lowest BCUT2D eigenvalue weighted by Crippen LogP contribution is -2.34. The van der Waals surface area contributed by atoms with Gasteiger partial charge >= 0.3 is 0 Å². The summed E-state index contributed by atoms with van der Waals surface area (Å²) >= 11 is 5.93. The molecule has 0 aliphatic carbocycles. The number of ether oxygens (including phenoxy) is 1. The topological polar surface area (TPSA) is 45.0 Å². The van der Waals surface area contributed by atoms with Crippen molar-refractivity contribution in [1.29, 1.82) is 5.26 Å². The summed E-state index contributed by atoms with van der Waals surface area (Å²) in [6, 6.07) is 7.61. The second-order valence-electron chi connectivity index (χ2n) is 3.47. The smallest absolute Gasteiger partial charge is 0.0992 e. The molecule has 1 aromatic carbocycles. The maximum absolute atomic E-state index is 8.82. The lowest BCUT2D eigenvalue weighted by molar-refractivity contribution is 0.0769. The molecule has 0 amide bonds. The third-order valence-electron chi connectivity index (χ3n) is 2.37. The highest BCUT2D eigenvalue weighted by Crippen LogP contribution is 2.21. The molecule has 1 aliphatic rings. The van der Waals surface area contributed by atoms with E-state index < -0.39 is 0 Å². The van der Waals surface area contributed by atoms with Crippen LogP contribution in [-0.4, -0.2) is 19.8 Å². The highest BCUT2D eigenvalue weighted by Gasteiger charge is 2.15. The molecule has 1 N–H and O–H groups in total. The van der Waals surface area contributed by atoms with E-state index in [-0.39, 0.29) is 6.04 Å². The minimum Gasteiger partial charge on any atom is -0.378 e. The van der Waals surface area contributed by atoms with Gasteiger partial charge in [0.05, 0.1) is 30.9 Å². The average molecular weight is 223 g/mol. The number of nitriles is 1. The average Bonchev–Trinajstić information content (AvgIpc) is 2.29. The normalized spacial score (nSPS) is 20.9. The van der Waals surface area contributed by atoms with Gasteiger partial charge in [0, 0.05) is 11.6 Å². The number of hydrogen-bond acceptors (Lipinski definition) is 3. The van der Waals surface area contributed by atoms with Gasteiger partial charge in [0.2, 0.25) is 0 Å². The zero-order valence-electron chi connectivity index (χ0n) is 8.16. The highest BCUT2D eigenvalue weighted by atomic mass is 35.5. The van der Waals surface area contributed by atoms with E-state index in [2.05, 4.69) is 11.4 Å². The van der Waals surface area contributed by atoms with E-state index in [1.54, 1.807) is 6.07 Å². The van der Waals surface area contributed by atoms with Crippen molar-refractivity contribution in [2.24, 2.45) is 0 Å². The SMILES string of the molecule is N#Cc1cc(Cl)cc(C2COCCN2)c1. The molecule has 0 saturated carbocycles. The molecule has 0 spiro atoms. The Kier molecular flexibility index (Phi) is 3.22. The van der Waals surface area contributed by atoms with Gasteiger partial charge in [-0.2, -0.15) is 5.26 Å². The Morgan fingerprint density at radius 3 is 3.00 bits per heavy atom. The van der Waals surface area contributed by atoms with Gasteiger partial charge in [-0.3, -0.25) is 0 Å². The first kappa shape index (κ1) is 10.4. The predicted octanol–water partition coefficient (Wildman–Crippen LogP) is 1.87. The highest BCUT2D eigenvalue weighted by molar-refractivity contribution is 6.30. The number of rotatable bonds is 1. The lowest BCUT2D eigenvalue weighted by atomic mass is 10.0. The third-order valence-corrected chi connectivity index (χ3v) is 2.59. The van der Waals surface area contributed by atoms with Crippen molar-refractivity contribution in [3.05, 3.63) is 34.3 Å². The van der Waals surface area contributed by atoms with E-state index >= 15 is 0 Å². The fourth-order valence-electron chi connectivity index (χ4n) is 1.66. The summed E-state index contributed by atoms with van der Waals surface area (Å²) in [7, 11) is 0. The number of nitrogens with one attached hydrogen (secondary N) is 1. The number of hydrogen-bond donors (Lipinski definition) is 1. The van der Waals surface area contributed by atoms with Gasteiger partial charge in [0.1, 0.15) is 0 Å². The van der Waals surface area contributed by atoms with Crippen molar-refractivity contribution in [3.8, 4) is 6.07 Å². The van der Waals surface area contributed by atoms with Gasteiger partial charge in [-0.15, -0.1) is 0 Å². The molecule has 1 heterocycles. The Morgan fingerprint density at radius 1 is 1.47 bits per heavy atom. The van der Waals surface area contributed by atoms with Crippen molar-refractivity contribution >= 4 is 11.6 Å². The van der Waals surface area contributed by atoms with Crippen LogP contribution in [0.4, 0.5) is 0 Å². The maximum Gasteiger partial charge on any atom is 0.0992 e. The number of halogens is 1. The molecule has 0 bridgehead atoms. The summed E-state index contributed by atoms with van der Waals surface area (Å²) in [5, 5.41) is 12.7. The zero-order chi connectivity index (χ0) is 10.7. The summed E-state index contributed by atoms with van der Waals surface area (Å²) in [6.45, 7) is 2.20. The number of benzene rings is 1. The third kappa shape index (κ3) is 2.48. The van der Waals surface area contributed by atoms with Crippen LogP contribution in [0.1, 0.15) is 17.2 Å². The second kappa shape index (κ2) is 4.63. The van der Waals surface area contributed by atoms with Crippen LogP contribution in [0.3, 0.4) is 0 Å². The van der Waals surface area contributed by atoms with Gasteiger partial charge in [0.15, 0.2) is 0 Å². The lowest BCUT2D eigenvalue weighted by Gasteiger charge is -2.24. The fourth-order valence-corrected chi connectivity index (χ4v) is 1.90. The standard InChI is InChI=1S/C11H11ClN2O/c12-10-4-8(6-13)3-9(5-10)11-7-15-2-1-14-11/h3-5,11,14H,1-2,7H2. The molecule has 0 aromatic heterocycles. The molecule has 0 radical (unpaired) electrons. The first-order valence-electron chi connectivity index (χ1n) is 4.81. The van der Waals surface area contributed by atoms with E-state index in [0.29, 0.717) is 17.2 Å². The second-order valence-corrected chi connectivity index (χ2v) is 3.90. The van der Waals surface area contributed by atoms with Crippen LogP contribution in [0.2, 0.25) is 5.02 Å². The van der Waals surface area contributed by atoms with E-state index in [0.717, 1.165) is 18.7 Å². The molecule has 1 aromatic rings. The summed E-state index contributed by atoms with van der Waals surface area (Å²) in [5.74, 6) is 0. The van der Waals surface area contributed by atoms with Crippen molar-refractivity contribution in [3.63, 3.8) is 0 Å².